The number of hydrogen-bond acceptors (Lipinski definition) is 4. The number of hydrogen-bond donors (Lipinski definition) is 2. The fourth-order valence-corrected chi connectivity index (χ4v) is 2.70. The lowest BCUT2D eigenvalue weighted by Gasteiger charge is -2.33. The summed E-state index contributed by atoms with van der Waals surface area (Å²) >= 11 is 0. The van der Waals surface area contributed by atoms with Gasteiger partial charge < -0.3 is 20.1 Å². The maximum Gasteiger partial charge on any atom is 0.319 e. The van der Waals surface area contributed by atoms with E-state index < -0.39 is 12.0 Å². The van der Waals surface area contributed by atoms with Crippen LogP contribution >= 0.6 is 0 Å². The number of carbonyl (C=O) groups is 2. The van der Waals surface area contributed by atoms with Gasteiger partial charge in [-0.2, -0.15) is 0 Å². The molecule has 2 amide bonds. The van der Waals surface area contributed by atoms with Crippen LogP contribution in [0.15, 0.2) is 43.1 Å². The fourth-order valence-electron chi connectivity index (χ4n) is 2.70. The highest BCUT2D eigenvalue weighted by Crippen LogP contribution is 2.35. The van der Waals surface area contributed by atoms with Crippen LogP contribution in [0.4, 0.5) is 4.79 Å². The molecule has 1 aromatic carbocycles. The van der Waals surface area contributed by atoms with Gasteiger partial charge in [-0.3, -0.25) is 4.79 Å². The van der Waals surface area contributed by atoms with Crippen LogP contribution in [0, 0.1) is 5.92 Å². The molecule has 2 rings (SSSR count). The van der Waals surface area contributed by atoms with Gasteiger partial charge in [0.1, 0.15) is 12.4 Å². The molecule has 0 saturated carbocycles. The second-order valence-corrected chi connectivity index (χ2v) is 5.43. The molecule has 1 aliphatic heterocycles. The SMILES string of the molecule is C=CCOc1ccc([C@H]2NC(=O)NC(=C)[C@@H]2C(C)=O)cc1OCC. The molecule has 0 radical (unpaired) electrons. The minimum Gasteiger partial charge on any atom is -0.490 e. The van der Waals surface area contributed by atoms with Gasteiger partial charge in [-0.05, 0) is 31.5 Å². The first-order chi connectivity index (χ1) is 11.5. The lowest BCUT2D eigenvalue weighted by Crippen LogP contribution is -2.50. The van der Waals surface area contributed by atoms with Crippen molar-refractivity contribution in [2.45, 2.75) is 19.9 Å². The molecular formula is C18H22N2O4. The molecule has 0 bridgehead atoms. The van der Waals surface area contributed by atoms with Crippen molar-refractivity contribution in [1.29, 1.82) is 0 Å². The number of urea groups is 1. The zero-order chi connectivity index (χ0) is 17.7. The smallest absolute Gasteiger partial charge is 0.319 e. The molecule has 1 saturated heterocycles. The van der Waals surface area contributed by atoms with Crippen LogP contribution in [0.25, 0.3) is 0 Å². The molecular weight excluding hydrogens is 308 g/mol. The van der Waals surface area contributed by atoms with Gasteiger partial charge in [-0.25, -0.2) is 4.79 Å². The molecule has 1 aliphatic rings. The molecule has 0 aromatic heterocycles. The Bertz CT molecular complexity index is 669. The van der Waals surface area contributed by atoms with Gasteiger partial charge in [-0.1, -0.05) is 25.3 Å². The Morgan fingerprint density at radius 3 is 2.71 bits per heavy atom. The van der Waals surface area contributed by atoms with E-state index in [0.717, 1.165) is 5.56 Å². The zero-order valence-corrected chi connectivity index (χ0v) is 13.9. The average molecular weight is 330 g/mol. The molecule has 2 atom stereocenters. The fraction of sp³-hybridized carbons (Fsp3) is 0.333. The van der Waals surface area contributed by atoms with E-state index in [1.807, 2.05) is 6.92 Å². The number of benzene rings is 1. The van der Waals surface area contributed by atoms with E-state index in [-0.39, 0.29) is 11.8 Å². The number of amides is 2. The third kappa shape index (κ3) is 3.76. The number of ether oxygens (including phenoxy) is 2. The van der Waals surface area contributed by atoms with Gasteiger partial charge in [0.2, 0.25) is 0 Å². The van der Waals surface area contributed by atoms with E-state index in [1.165, 1.54) is 6.92 Å². The Labute approximate surface area is 141 Å². The second-order valence-electron chi connectivity index (χ2n) is 5.43. The first kappa shape index (κ1) is 17.6. The van der Waals surface area contributed by atoms with E-state index >= 15 is 0 Å². The molecule has 6 nitrogen and oxygen atoms in total. The molecule has 1 fully saturated rings. The molecule has 0 unspecified atom stereocenters. The molecule has 6 heteroatoms. The van der Waals surface area contributed by atoms with Crippen LogP contribution in [-0.4, -0.2) is 25.0 Å². The Balaban J connectivity index is 2.39. The van der Waals surface area contributed by atoms with Crippen LogP contribution in [0.5, 0.6) is 11.5 Å². The van der Waals surface area contributed by atoms with E-state index in [1.54, 1.807) is 24.3 Å². The number of rotatable bonds is 7. The molecule has 1 aromatic rings. The van der Waals surface area contributed by atoms with Crippen LogP contribution in [0.2, 0.25) is 0 Å². The summed E-state index contributed by atoms with van der Waals surface area (Å²) in [5, 5.41) is 5.34. The van der Waals surface area contributed by atoms with Crippen molar-refractivity contribution in [3.8, 4) is 11.5 Å². The second kappa shape index (κ2) is 7.68. The molecule has 0 aliphatic carbocycles. The van der Waals surface area contributed by atoms with Crippen LogP contribution in [-0.2, 0) is 4.79 Å². The molecule has 2 N–H and O–H groups in total. The summed E-state index contributed by atoms with van der Waals surface area (Å²) in [6, 6.07) is 4.46. The van der Waals surface area contributed by atoms with Crippen LogP contribution in [0.1, 0.15) is 25.5 Å². The van der Waals surface area contributed by atoms with Crippen LogP contribution in [0.3, 0.4) is 0 Å². The van der Waals surface area contributed by atoms with Gasteiger partial charge in [-0.15, -0.1) is 0 Å². The number of carbonyl (C=O) groups excluding carboxylic acids is 2. The lowest BCUT2D eigenvalue weighted by molar-refractivity contribution is -0.120. The van der Waals surface area contributed by atoms with Crippen molar-refractivity contribution in [3.05, 3.63) is 48.7 Å². The maximum absolute atomic E-state index is 12.0. The van der Waals surface area contributed by atoms with Gasteiger partial charge in [0, 0.05) is 5.70 Å². The highest BCUT2D eigenvalue weighted by atomic mass is 16.5. The van der Waals surface area contributed by atoms with Gasteiger partial charge in [0.05, 0.1) is 18.6 Å². The van der Waals surface area contributed by atoms with E-state index in [0.29, 0.717) is 30.4 Å². The predicted octanol–water partition coefficient (Wildman–Crippen LogP) is 2.72. The summed E-state index contributed by atoms with van der Waals surface area (Å²) in [6.45, 7) is 11.6. The third-order valence-corrected chi connectivity index (χ3v) is 3.69. The summed E-state index contributed by atoms with van der Waals surface area (Å²) in [5.41, 5.74) is 1.14. The van der Waals surface area contributed by atoms with Gasteiger partial charge in [0.25, 0.3) is 0 Å². The highest BCUT2D eigenvalue weighted by Gasteiger charge is 2.36. The minimum atomic E-state index is -0.544. The Hall–Kier alpha value is -2.76. The standard InChI is InChI=1S/C18H22N2O4/c1-5-9-24-14-8-7-13(10-15(14)23-6-2)17-16(12(4)21)11(3)19-18(22)20-17/h5,7-8,10,16-17H,1,3,6,9H2,2,4H3,(H2,19,20,22)/t16-,17-/m1/s1. The summed E-state index contributed by atoms with van der Waals surface area (Å²) in [6.07, 6.45) is 1.65. The summed E-state index contributed by atoms with van der Waals surface area (Å²) < 4.78 is 11.2. The first-order valence-corrected chi connectivity index (χ1v) is 7.75. The van der Waals surface area contributed by atoms with Crippen molar-refractivity contribution in [2.75, 3.05) is 13.2 Å². The van der Waals surface area contributed by atoms with Crippen molar-refractivity contribution < 1.29 is 19.1 Å². The summed E-state index contributed by atoms with van der Waals surface area (Å²) in [7, 11) is 0. The van der Waals surface area contributed by atoms with Crippen molar-refractivity contribution >= 4 is 11.8 Å². The average Bonchev–Trinajstić information content (AvgIpc) is 2.52. The number of Topliss-reactive ketones (excluding diaryl/α,β-unsaturated/α-hetero) is 1. The topological polar surface area (TPSA) is 76.7 Å². The quantitative estimate of drug-likeness (QED) is 0.754. The number of ketones is 1. The van der Waals surface area contributed by atoms with E-state index in [2.05, 4.69) is 23.8 Å². The zero-order valence-electron chi connectivity index (χ0n) is 13.9. The van der Waals surface area contributed by atoms with Crippen molar-refractivity contribution in [2.24, 2.45) is 5.92 Å². The Kier molecular flexibility index (Phi) is 5.63. The Morgan fingerprint density at radius 1 is 1.33 bits per heavy atom. The molecule has 24 heavy (non-hydrogen) atoms. The normalized spacial score (nSPS) is 19.9. The molecule has 1 heterocycles. The van der Waals surface area contributed by atoms with E-state index in [9.17, 15) is 9.59 Å². The number of nitrogens with one attached hydrogen (secondary N) is 2. The largest absolute Gasteiger partial charge is 0.490 e. The van der Waals surface area contributed by atoms with Gasteiger partial charge in [0.15, 0.2) is 11.5 Å². The van der Waals surface area contributed by atoms with Crippen molar-refractivity contribution in [3.63, 3.8) is 0 Å². The Morgan fingerprint density at radius 2 is 2.08 bits per heavy atom. The first-order valence-electron chi connectivity index (χ1n) is 7.75. The molecule has 0 spiro atoms. The third-order valence-electron chi connectivity index (χ3n) is 3.69. The van der Waals surface area contributed by atoms with Gasteiger partial charge >= 0.3 is 6.03 Å². The lowest BCUT2D eigenvalue weighted by atomic mass is 9.86. The summed E-state index contributed by atoms with van der Waals surface area (Å²) in [5.74, 6) is 0.510. The maximum atomic E-state index is 12.0. The van der Waals surface area contributed by atoms with Crippen LogP contribution < -0.4 is 20.1 Å². The molecule has 128 valence electrons. The monoisotopic (exact) mass is 330 g/mol. The summed E-state index contributed by atoms with van der Waals surface area (Å²) in [4.78, 5) is 23.8. The van der Waals surface area contributed by atoms with Crippen molar-refractivity contribution in [1.82, 2.24) is 10.6 Å². The minimum absolute atomic E-state index is 0.0811. The highest BCUT2D eigenvalue weighted by molar-refractivity contribution is 5.88. The van der Waals surface area contributed by atoms with E-state index in [4.69, 9.17) is 9.47 Å². The predicted molar refractivity (Wildman–Crippen MR) is 91.0 cm³/mol.